The van der Waals surface area contributed by atoms with E-state index in [4.69, 9.17) is 10.2 Å². The van der Waals surface area contributed by atoms with Gasteiger partial charge in [-0.3, -0.25) is 0 Å². The first-order valence-corrected chi connectivity index (χ1v) is 6.30. The molecule has 0 unspecified atom stereocenters. The van der Waals surface area contributed by atoms with Crippen LogP contribution in [0.3, 0.4) is 0 Å². The van der Waals surface area contributed by atoms with Crippen LogP contribution in [0.1, 0.15) is 0 Å². The lowest BCUT2D eigenvalue weighted by atomic mass is 10.3. The molecule has 0 saturated heterocycles. The SMILES string of the molecule is Nc1cccc2oc(Nc3ccc(F)c(Br)c3)nc12. The predicted octanol–water partition coefficient (Wildman–Crippen LogP) is 4.06. The standard InChI is InChI=1S/C13H9BrFN3O/c14-8-6-7(4-5-9(8)15)17-13-18-12-10(16)2-1-3-11(12)19-13/h1-6H,16H2,(H,17,18). The van der Waals surface area contributed by atoms with Gasteiger partial charge in [-0.15, -0.1) is 0 Å². The third-order valence-electron chi connectivity index (χ3n) is 2.62. The van der Waals surface area contributed by atoms with Crippen molar-refractivity contribution in [2.24, 2.45) is 0 Å². The van der Waals surface area contributed by atoms with Gasteiger partial charge >= 0.3 is 0 Å². The first kappa shape index (κ1) is 12.0. The van der Waals surface area contributed by atoms with E-state index in [-0.39, 0.29) is 5.82 Å². The quantitative estimate of drug-likeness (QED) is 0.699. The Morgan fingerprint density at radius 2 is 2.11 bits per heavy atom. The highest BCUT2D eigenvalue weighted by Gasteiger charge is 2.09. The van der Waals surface area contributed by atoms with Crippen molar-refractivity contribution in [1.29, 1.82) is 0 Å². The van der Waals surface area contributed by atoms with Crippen molar-refractivity contribution in [3.8, 4) is 0 Å². The molecule has 4 nitrogen and oxygen atoms in total. The molecule has 0 fully saturated rings. The molecule has 3 N–H and O–H groups in total. The summed E-state index contributed by atoms with van der Waals surface area (Å²) in [6.07, 6.45) is 0. The van der Waals surface area contributed by atoms with Crippen LogP contribution < -0.4 is 11.1 Å². The van der Waals surface area contributed by atoms with Crippen LogP contribution in [0.15, 0.2) is 45.3 Å². The predicted molar refractivity (Wildman–Crippen MR) is 75.8 cm³/mol. The number of fused-ring (bicyclic) bond motifs is 1. The van der Waals surface area contributed by atoms with Crippen molar-refractivity contribution in [2.45, 2.75) is 0 Å². The fourth-order valence-corrected chi connectivity index (χ4v) is 2.10. The lowest BCUT2D eigenvalue weighted by molar-refractivity contribution is 0.618. The molecule has 0 spiro atoms. The second-order valence-corrected chi connectivity index (χ2v) is 4.82. The van der Waals surface area contributed by atoms with Crippen molar-refractivity contribution < 1.29 is 8.81 Å². The van der Waals surface area contributed by atoms with Crippen LogP contribution in [-0.4, -0.2) is 4.98 Å². The van der Waals surface area contributed by atoms with Crippen LogP contribution in [-0.2, 0) is 0 Å². The monoisotopic (exact) mass is 321 g/mol. The van der Waals surface area contributed by atoms with E-state index in [1.807, 2.05) is 0 Å². The van der Waals surface area contributed by atoms with Gasteiger partial charge in [0.25, 0.3) is 6.01 Å². The molecule has 0 aliphatic carbocycles. The zero-order chi connectivity index (χ0) is 13.4. The molecule has 3 aromatic rings. The number of nitrogens with one attached hydrogen (secondary N) is 1. The average molecular weight is 322 g/mol. The first-order chi connectivity index (χ1) is 9.13. The molecular formula is C13H9BrFN3O. The minimum absolute atomic E-state index is 0.311. The molecule has 1 aromatic heterocycles. The zero-order valence-corrected chi connectivity index (χ0v) is 11.2. The molecular weight excluding hydrogens is 313 g/mol. The van der Waals surface area contributed by atoms with Crippen LogP contribution in [0.2, 0.25) is 0 Å². The second-order valence-electron chi connectivity index (χ2n) is 3.97. The van der Waals surface area contributed by atoms with Crippen LogP contribution in [0, 0.1) is 5.82 Å². The number of nitrogen functional groups attached to an aromatic ring is 1. The molecule has 19 heavy (non-hydrogen) atoms. The summed E-state index contributed by atoms with van der Waals surface area (Å²) in [4.78, 5) is 4.25. The summed E-state index contributed by atoms with van der Waals surface area (Å²) in [7, 11) is 0. The summed E-state index contributed by atoms with van der Waals surface area (Å²) in [5, 5.41) is 2.96. The highest BCUT2D eigenvalue weighted by Crippen LogP contribution is 2.27. The number of benzene rings is 2. The van der Waals surface area contributed by atoms with E-state index < -0.39 is 0 Å². The minimum Gasteiger partial charge on any atom is -0.423 e. The normalized spacial score (nSPS) is 10.8. The number of rotatable bonds is 2. The fraction of sp³-hybridized carbons (Fsp3) is 0. The van der Waals surface area contributed by atoms with Crippen molar-refractivity contribution in [3.63, 3.8) is 0 Å². The molecule has 0 aliphatic rings. The molecule has 0 radical (unpaired) electrons. The minimum atomic E-state index is -0.327. The van der Waals surface area contributed by atoms with Crippen LogP contribution in [0.5, 0.6) is 0 Å². The Kier molecular flexibility index (Phi) is 2.87. The van der Waals surface area contributed by atoms with E-state index in [9.17, 15) is 4.39 Å². The number of aromatic nitrogens is 1. The summed E-state index contributed by atoms with van der Waals surface area (Å²) in [6, 6.07) is 10.2. The lowest BCUT2D eigenvalue weighted by Crippen LogP contribution is -1.91. The maximum atomic E-state index is 13.1. The topological polar surface area (TPSA) is 64.1 Å². The number of hydrogen-bond donors (Lipinski definition) is 2. The number of oxazole rings is 1. The summed E-state index contributed by atoms with van der Waals surface area (Å²) in [6.45, 7) is 0. The zero-order valence-electron chi connectivity index (χ0n) is 9.65. The van der Waals surface area contributed by atoms with Gasteiger partial charge < -0.3 is 15.5 Å². The molecule has 0 aliphatic heterocycles. The Hall–Kier alpha value is -2.08. The van der Waals surface area contributed by atoms with Crippen LogP contribution in [0.25, 0.3) is 11.1 Å². The van der Waals surface area contributed by atoms with Gasteiger partial charge in [0, 0.05) is 5.69 Å². The van der Waals surface area contributed by atoms with Gasteiger partial charge in [0.2, 0.25) is 0 Å². The highest BCUT2D eigenvalue weighted by molar-refractivity contribution is 9.10. The van der Waals surface area contributed by atoms with Gasteiger partial charge in [-0.2, -0.15) is 4.98 Å². The number of anilines is 3. The lowest BCUT2D eigenvalue weighted by Gasteiger charge is -2.02. The fourth-order valence-electron chi connectivity index (χ4n) is 1.72. The van der Waals surface area contributed by atoms with Gasteiger partial charge in [0.1, 0.15) is 11.3 Å². The molecule has 96 valence electrons. The van der Waals surface area contributed by atoms with Gasteiger partial charge in [0.15, 0.2) is 5.58 Å². The van der Waals surface area contributed by atoms with Crippen molar-refractivity contribution >= 4 is 44.4 Å². The summed E-state index contributed by atoms with van der Waals surface area (Å²) >= 11 is 3.12. The maximum Gasteiger partial charge on any atom is 0.300 e. The number of nitrogens with two attached hydrogens (primary N) is 1. The summed E-state index contributed by atoms with van der Waals surface area (Å²) in [5.74, 6) is -0.327. The van der Waals surface area contributed by atoms with Gasteiger partial charge in [-0.1, -0.05) is 6.07 Å². The Morgan fingerprint density at radius 1 is 1.26 bits per heavy atom. The Labute approximate surface area is 116 Å². The highest BCUT2D eigenvalue weighted by atomic mass is 79.9. The van der Waals surface area contributed by atoms with E-state index in [0.29, 0.717) is 33.0 Å². The second kappa shape index (κ2) is 4.55. The summed E-state index contributed by atoms with van der Waals surface area (Å²) in [5.41, 5.74) is 8.22. The molecule has 3 rings (SSSR count). The smallest absolute Gasteiger partial charge is 0.300 e. The third kappa shape index (κ3) is 2.26. The van der Waals surface area contributed by atoms with Crippen molar-refractivity contribution in [1.82, 2.24) is 4.98 Å². The molecule has 0 saturated carbocycles. The van der Waals surface area contributed by atoms with Crippen molar-refractivity contribution in [2.75, 3.05) is 11.1 Å². The van der Waals surface area contributed by atoms with Crippen LogP contribution in [0.4, 0.5) is 21.8 Å². The third-order valence-corrected chi connectivity index (χ3v) is 3.23. The summed E-state index contributed by atoms with van der Waals surface area (Å²) < 4.78 is 19.0. The molecule has 0 amide bonds. The van der Waals surface area contributed by atoms with E-state index >= 15 is 0 Å². The van der Waals surface area contributed by atoms with Gasteiger partial charge in [-0.05, 0) is 46.3 Å². The largest absolute Gasteiger partial charge is 0.423 e. The number of hydrogen-bond acceptors (Lipinski definition) is 4. The number of para-hydroxylation sites is 1. The van der Waals surface area contributed by atoms with Gasteiger partial charge in [-0.25, -0.2) is 4.39 Å². The Bertz CT molecular complexity index is 757. The molecule has 2 aromatic carbocycles. The van der Waals surface area contributed by atoms with E-state index in [1.165, 1.54) is 6.07 Å². The number of halogens is 2. The first-order valence-electron chi connectivity index (χ1n) is 5.50. The molecule has 1 heterocycles. The van der Waals surface area contributed by atoms with E-state index in [1.54, 1.807) is 30.3 Å². The molecule has 6 heteroatoms. The van der Waals surface area contributed by atoms with Gasteiger partial charge in [0.05, 0.1) is 10.2 Å². The van der Waals surface area contributed by atoms with Crippen LogP contribution >= 0.6 is 15.9 Å². The Balaban J connectivity index is 1.96. The van der Waals surface area contributed by atoms with Crippen molar-refractivity contribution in [3.05, 3.63) is 46.7 Å². The van der Waals surface area contributed by atoms with E-state index in [2.05, 4.69) is 26.2 Å². The van der Waals surface area contributed by atoms with E-state index in [0.717, 1.165) is 0 Å². The molecule has 0 bridgehead atoms. The molecule has 0 atom stereocenters. The Morgan fingerprint density at radius 3 is 2.84 bits per heavy atom. The average Bonchev–Trinajstić information content (AvgIpc) is 2.78. The number of nitrogens with zero attached hydrogens (tertiary/aromatic N) is 1. The maximum absolute atomic E-state index is 13.1.